The molecule has 2 rings (SSSR count). The van der Waals surface area contributed by atoms with Crippen molar-refractivity contribution in [2.45, 2.75) is 25.5 Å². The molecular formula is C11H17N3O4. The van der Waals surface area contributed by atoms with Crippen LogP contribution in [0.3, 0.4) is 0 Å². The molecule has 1 unspecified atom stereocenters. The summed E-state index contributed by atoms with van der Waals surface area (Å²) in [6.07, 6.45) is 5.02. The zero-order valence-corrected chi connectivity index (χ0v) is 10.0. The topological polar surface area (TPSA) is 85.6 Å². The lowest BCUT2D eigenvalue weighted by atomic mass is 10.2. The van der Waals surface area contributed by atoms with Crippen LogP contribution in [0.5, 0.6) is 0 Å². The molecule has 1 fully saturated rings. The molecule has 7 nitrogen and oxygen atoms in total. The third-order valence-electron chi connectivity index (χ3n) is 2.62. The third-order valence-corrected chi connectivity index (χ3v) is 2.62. The van der Waals surface area contributed by atoms with Crippen molar-refractivity contribution in [2.75, 3.05) is 25.1 Å². The van der Waals surface area contributed by atoms with Gasteiger partial charge in [-0.05, 0) is 12.8 Å². The number of aromatic nitrogens is 2. The lowest BCUT2D eigenvalue weighted by Crippen LogP contribution is -2.16. The van der Waals surface area contributed by atoms with Gasteiger partial charge in [0.25, 0.3) is 0 Å². The van der Waals surface area contributed by atoms with Crippen LogP contribution in [0.15, 0.2) is 12.4 Å². The summed E-state index contributed by atoms with van der Waals surface area (Å²) in [7, 11) is 0. The first-order valence-electron chi connectivity index (χ1n) is 5.96. The van der Waals surface area contributed by atoms with E-state index in [1.807, 2.05) is 0 Å². The summed E-state index contributed by atoms with van der Waals surface area (Å²) < 4.78 is 11.9. The van der Waals surface area contributed by atoms with Crippen LogP contribution in [0.1, 0.15) is 12.8 Å². The molecule has 1 aromatic heterocycles. The van der Waals surface area contributed by atoms with Crippen LogP contribution in [-0.4, -0.2) is 46.9 Å². The standard InChI is InChI=1S/C11H17N3O4/c15-3-5-18-11(16)13-9-6-12-14(7-9)8-10-2-1-4-17-10/h6-7,10,15H,1-5,8H2,(H,13,16). The number of hydrogen-bond acceptors (Lipinski definition) is 5. The second kappa shape index (κ2) is 6.36. The summed E-state index contributed by atoms with van der Waals surface area (Å²) in [6, 6.07) is 0. The first-order valence-corrected chi connectivity index (χ1v) is 5.96. The Labute approximate surface area is 105 Å². The predicted octanol–water partition coefficient (Wildman–Crippen LogP) is 0.603. The van der Waals surface area contributed by atoms with Crippen molar-refractivity contribution in [3.05, 3.63) is 12.4 Å². The molecule has 1 aliphatic heterocycles. The molecule has 0 bridgehead atoms. The quantitative estimate of drug-likeness (QED) is 0.804. The molecule has 7 heteroatoms. The van der Waals surface area contributed by atoms with E-state index in [1.54, 1.807) is 17.1 Å². The Kier molecular flexibility index (Phi) is 4.54. The molecule has 100 valence electrons. The minimum atomic E-state index is -0.597. The van der Waals surface area contributed by atoms with Crippen molar-refractivity contribution in [3.63, 3.8) is 0 Å². The van der Waals surface area contributed by atoms with Crippen LogP contribution in [0.4, 0.5) is 10.5 Å². The molecule has 1 saturated heterocycles. The summed E-state index contributed by atoms with van der Waals surface area (Å²) in [6.45, 7) is 1.29. The van der Waals surface area contributed by atoms with Crippen LogP contribution in [-0.2, 0) is 16.0 Å². The van der Waals surface area contributed by atoms with E-state index in [2.05, 4.69) is 15.2 Å². The van der Waals surface area contributed by atoms with Crippen LogP contribution in [0.2, 0.25) is 0 Å². The lowest BCUT2D eigenvalue weighted by Gasteiger charge is -2.08. The number of hydrogen-bond donors (Lipinski definition) is 2. The second-order valence-electron chi connectivity index (χ2n) is 4.07. The summed E-state index contributed by atoms with van der Waals surface area (Å²) in [5.41, 5.74) is 0.566. The number of carbonyl (C=O) groups excluding carboxylic acids is 1. The molecule has 1 aromatic rings. The molecule has 2 heterocycles. The molecular weight excluding hydrogens is 238 g/mol. The van der Waals surface area contributed by atoms with E-state index in [9.17, 15) is 4.79 Å². The van der Waals surface area contributed by atoms with Gasteiger partial charge in [-0.1, -0.05) is 0 Å². The Morgan fingerprint density at radius 2 is 2.61 bits per heavy atom. The highest BCUT2D eigenvalue weighted by molar-refractivity contribution is 5.84. The number of aliphatic hydroxyl groups excluding tert-OH is 1. The van der Waals surface area contributed by atoms with E-state index in [0.29, 0.717) is 12.2 Å². The maximum atomic E-state index is 11.2. The Morgan fingerprint density at radius 3 is 3.33 bits per heavy atom. The van der Waals surface area contributed by atoms with Gasteiger partial charge in [0.15, 0.2) is 0 Å². The summed E-state index contributed by atoms with van der Waals surface area (Å²) >= 11 is 0. The van der Waals surface area contributed by atoms with E-state index in [4.69, 9.17) is 9.84 Å². The molecule has 1 aliphatic rings. The van der Waals surface area contributed by atoms with Crippen LogP contribution in [0.25, 0.3) is 0 Å². The van der Waals surface area contributed by atoms with Crippen LogP contribution >= 0.6 is 0 Å². The van der Waals surface area contributed by atoms with Crippen molar-refractivity contribution in [1.29, 1.82) is 0 Å². The van der Waals surface area contributed by atoms with Gasteiger partial charge in [-0.25, -0.2) is 4.79 Å². The number of carbonyl (C=O) groups is 1. The normalized spacial score (nSPS) is 18.8. The Hall–Kier alpha value is -1.60. The number of aliphatic hydroxyl groups is 1. The van der Waals surface area contributed by atoms with E-state index >= 15 is 0 Å². The average Bonchev–Trinajstić information content (AvgIpc) is 2.99. The second-order valence-corrected chi connectivity index (χ2v) is 4.07. The van der Waals surface area contributed by atoms with Gasteiger partial charge in [-0.2, -0.15) is 5.10 Å². The lowest BCUT2D eigenvalue weighted by molar-refractivity contribution is 0.0940. The highest BCUT2D eigenvalue weighted by atomic mass is 16.6. The van der Waals surface area contributed by atoms with Gasteiger partial charge in [0.2, 0.25) is 0 Å². The molecule has 0 radical (unpaired) electrons. The van der Waals surface area contributed by atoms with Crippen molar-refractivity contribution in [1.82, 2.24) is 9.78 Å². The third kappa shape index (κ3) is 3.71. The van der Waals surface area contributed by atoms with E-state index in [0.717, 1.165) is 19.4 Å². The van der Waals surface area contributed by atoms with E-state index < -0.39 is 6.09 Å². The Bertz CT molecular complexity index is 387. The molecule has 0 saturated carbocycles. The number of rotatable bonds is 5. The maximum absolute atomic E-state index is 11.2. The molecule has 0 spiro atoms. The number of nitrogens with one attached hydrogen (secondary N) is 1. The van der Waals surface area contributed by atoms with Gasteiger partial charge in [0, 0.05) is 12.8 Å². The zero-order valence-electron chi connectivity index (χ0n) is 10.0. The molecule has 18 heavy (non-hydrogen) atoms. The first kappa shape index (κ1) is 12.8. The van der Waals surface area contributed by atoms with Gasteiger partial charge in [-0.15, -0.1) is 0 Å². The van der Waals surface area contributed by atoms with Gasteiger partial charge in [-0.3, -0.25) is 10.00 Å². The highest BCUT2D eigenvalue weighted by Gasteiger charge is 2.16. The van der Waals surface area contributed by atoms with Gasteiger partial charge < -0.3 is 14.6 Å². The first-order chi connectivity index (χ1) is 8.78. The number of nitrogens with zero attached hydrogens (tertiary/aromatic N) is 2. The molecule has 1 atom stereocenters. The summed E-state index contributed by atoms with van der Waals surface area (Å²) in [5, 5.41) is 15.2. The van der Waals surface area contributed by atoms with Crippen molar-refractivity contribution >= 4 is 11.8 Å². The molecule has 0 aromatic carbocycles. The molecule has 2 N–H and O–H groups in total. The average molecular weight is 255 g/mol. The molecule has 0 aliphatic carbocycles. The SMILES string of the molecule is O=C(Nc1cnn(CC2CCCO2)c1)OCCO. The van der Waals surface area contributed by atoms with E-state index in [1.165, 1.54) is 0 Å². The predicted molar refractivity (Wildman–Crippen MR) is 63.3 cm³/mol. The number of ether oxygens (including phenoxy) is 2. The van der Waals surface area contributed by atoms with Crippen LogP contribution in [0, 0.1) is 0 Å². The fourth-order valence-electron chi connectivity index (χ4n) is 1.82. The minimum Gasteiger partial charge on any atom is -0.447 e. The van der Waals surface area contributed by atoms with Gasteiger partial charge in [0.05, 0.1) is 31.1 Å². The Balaban J connectivity index is 1.79. The highest BCUT2D eigenvalue weighted by Crippen LogP contribution is 2.14. The monoisotopic (exact) mass is 255 g/mol. The fraction of sp³-hybridized carbons (Fsp3) is 0.636. The smallest absolute Gasteiger partial charge is 0.411 e. The zero-order chi connectivity index (χ0) is 12.8. The Morgan fingerprint density at radius 1 is 1.72 bits per heavy atom. The van der Waals surface area contributed by atoms with Gasteiger partial charge >= 0.3 is 6.09 Å². The van der Waals surface area contributed by atoms with E-state index in [-0.39, 0.29) is 19.3 Å². The summed E-state index contributed by atoms with van der Waals surface area (Å²) in [4.78, 5) is 11.2. The van der Waals surface area contributed by atoms with Crippen LogP contribution < -0.4 is 5.32 Å². The largest absolute Gasteiger partial charge is 0.447 e. The number of amides is 1. The maximum Gasteiger partial charge on any atom is 0.411 e. The fourth-order valence-corrected chi connectivity index (χ4v) is 1.82. The summed E-state index contributed by atoms with van der Waals surface area (Å²) in [5.74, 6) is 0. The van der Waals surface area contributed by atoms with Crippen molar-refractivity contribution < 1.29 is 19.4 Å². The molecule has 1 amide bonds. The van der Waals surface area contributed by atoms with Crippen molar-refractivity contribution in [2.24, 2.45) is 0 Å². The van der Waals surface area contributed by atoms with Crippen molar-refractivity contribution in [3.8, 4) is 0 Å². The minimum absolute atomic E-state index is 0.0180. The van der Waals surface area contributed by atoms with Gasteiger partial charge in [0.1, 0.15) is 6.61 Å². The number of anilines is 1.